The van der Waals surface area contributed by atoms with Crippen LogP contribution in [0.3, 0.4) is 0 Å². The molecule has 2 aromatic rings. The van der Waals surface area contributed by atoms with Crippen LogP contribution in [0.1, 0.15) is 36.0 Å². The molecule has 4 rings (SSSR count). The number of aromatic nitrogens is 1. The molecule has 2 saturated heterocycles. The molecule has 0 radical (unpaired) electrons. The summed E-state index contributed by atoms with van der Waals surface area (Å²) in [5.74, 6) is 1.54. The van der Waals surface area contributed by atoms with Gasteiger partial charge in [-0.3, -0.25) is 9.59 Å². The van der Waals surface area contributed by atoms with Gasteiger partial charge in [0.2, 0.25) is 5.91 Å². The number of anilines is 1. The van der Waals surface area contributed by atoms with Gasteiger partial charge in [-0.1, -0.05) is 29.8 Å². The number of likely N-dealkylation sites (tertiary alicyclic amines) is 1. The number of hydrogen-bond donors (Lipinski definition) is 0. The van der Waals surface area contributed by atoms with E-state index in [4.69, 9.17) is 11.6 Å². The highest BCUT2D eigenvalue weighted by Gasteiger charge is 2.27. The molecule has 0 aliphatic carbocycles. The fraction of sp³-hybridized carbons (Fsp3) is 0.458. The van der Waals surface area contributed by atoms with Gasteiger partial charge in [0, 0.05) is 51.9 Å². The van der Waals surface area contributed by atoms with E-state index in [1.54, 1.807) is 18.3 Å². The molecule has 1 atom stereocenters. The van der Waals surface area contributed by atoms with E-state index in [0.717, 1.165) is 57.8 Å². The van der Waals surface area contributed by atoms with Crippen LogP contribution in [0.25, 0.3) is 0 Å². The fourth-order valence-electron chi connectivity index (χ4n) is 4.50. The molecule has 0 N–H and O–H groups in total. The Morgan fingerprint density at radius 2 is 1.74 bits per heavy atom. The first-order valence-corrected chi connectivity index (χ1v) is 11.5. The molecular formula is C24H29ClN4O2. The molecule has 2 amide bonds. The minimum absolute atomic E-state index is 0.00716. The summed E-state index contributed by atoms with van der Waals surface area (Å²) in [6.07, 6.45) is 5.20. The van der Waals surface area contributed by atoms with Crippen LogP contribution in [0.4, 0.5) is 5.82 Å². The normalized spacial score (nSPS) is 19.4. The van der Waals surface area contributed by atoms with E-state index in [0.29, 0.717) is 29.5 Å². The lowest BCUT2D eigenvalue weighted by atomic mass is 9.92. The summed E-state index contributed by atoms with van der Waals surface area (Å²) >= 11 is 6.21. The number of piperidine rings is 1. The number of benzene rings is 1. The van der Waals surface area contributed by atoms with Crippen LogP contribution in [0, 0.1) is 5.92 Å². The molecule has 2 aliphatic rings. The van der Waals surface area contributed by atoms with Crippen molar-refractivity contribution in [3.05, 3.63) is 59.2 Å². The van der Waals surface area contributed by atoms with Gasteiger partial charge in [0.25, 0.3) is 5.91 Å². The second-order valence-corrected chi connectivity index (χ2v) is 8.74. The average Bonchev–Trinajstić information content (AvgIpc) is 2.83. The first-order chi connectivity index (χ1) is 15.1. The summed E-state index contributed by atoms with van der Waals surface area (Å²) in [5, 5.41) is 0.495. The van der Waals surface area contributed by atoms with Crippen molar-refractivity contribution in [1.29, 1.82) is 0 Å². The van der Waals surface area contributed by atoms with Crippen molar-refractivity contribution in [2.45, 2.75) is 25.7 Å². The predicted octanol–water partition coefficient (Wildman–Crippen LogP) is 3.72. The van der Waals surface area contributed by atoms with Gasteiger partial charge in [0.05, 0.1) is 10.6 Å². The number of pyridine rings is 1. The highest BCUT2D eigenvalue weighted by molar-refractivity contribution is 6.33. The van der Waals surface area contributed by atoms with Crippen molar-refractivity contribution in [1.82, 2.24) is 14.8 Å². The maximum absolute atomic E-state index is 12.9. The van der Waals surface area contributed by atoms with E-state index in [1.807, 2.05) is 40.1 Å². The van der Waals surface area contributed by atoms with E-state index in [9.17, 15) is 9.59 Å². The third-order valence-corrected chi connectivity index (χ3v) is 6.61. The number of halogens is 1. The van der Waals surface area contributed by atoms with E-state index in [2.05, 4.69) is 9.88 Å². The van der Waals surface area contributed by atoms with Crippen molar-refractivity contribution < 1.29 is 9.59 Å². The lowest BCUT2D eigenvalue weighted by Gasteiger charge is -2.36. The topological polar surface area (TPSA) is 56.8 Å². The van der Waals surface area contributed by atoms with Gasteiger partial charge >= 0.3 is 0 Å². The molecule has 0 bridgehead atoms. The molecule has 3 heterocycles. The Morgan fingerprint density at radius 1 is 0.968 bits per heavy atom. The Hall–Kier alpha value is -2.60. The van der Waals surface area contributed by atoms with Crippen molar-refractivity contribution in [2.24, 2.45) is 5.92 Å². The van der Waals surface area contributed by atoms with Crippen LogP contribution in [-0.4, -0.2) is 65.9 Å². The van der Waals surface area contributed by atoms with E-state index >= 15 is 0 Å². The largest absolute Gasteiger partial charge is 0.353 e. The first kappa shape index (κ1) is 21.6. The highest BCUT2D eigenvalue weighted by Crippen LogP contribution is 2.25. The number of piperazine rings is 1. The number of rotatable bonds is 5. The van der Waals surface area contributed by atoms with Gasteiger partial charge in [-0.25, -0.2) is 4.98 Å². The van der Waals surface area contributed by atoms with E-state index in [1.165, 1.54) is 0 Å². The summed E-state index contributed by atoms with van der Waals surface area (Å²) in [7, 11) is 0. The Kier molecular flexibility index (Phi) is 7.07. The van der Waals surface area contributed by atoms with E-state index in [-0.39, 0.29) is 11.8 Å². The van der Waals surface area contributed by atoms with Crippen molar-refractivity contribution in [3.63, 3.8) is 0 Å². The van der Waals surface area contributed by atoms with Crippen LogP contribution in [0.2, 0.25) is 5.02 Å². The molecule has 1 aromatic heterocycles. The van der Waals surface area contributed by atoms with Gasteiger partial charge < -0.3 is 14.7 Å². The van der Waals surface area contributed by atoms with Crippen molar-refractivity contribution >= 4 is 29.2 Å². The van der Waals surface area contributed by atoms with Gasteiger partial charge in [-0.2, -0.15) is 0 Å². The summed E-state index contributed by atoms with van der Waals surface area (Å²) < 4.78 is 0. The standard InChI is InChI=1S/C24H29ClN4O2/c25-21-8-2-1-7-20(21)24(31)29-13-5-6-19(18-29)10-11-23(30)28-16-14-27(15-17-28)22-9-3-4-12-26-22/h1-4,7-9,12,19H,5-6,10-11,13-18H2/t19-/m1/s1. The molecule has 0 spiro atoms. The van der Waals surface area contributed by atoms with Gasteiger partial charge in [-0.05, 0) is 49.4 Å². The van der Waals surface area contributed by atoms with E-state index < -0.39 is 0 Å². The molecule has 7 heteroatoms. The highest BCUT2D eigenvalue weighted by atomic mass is 35.5. The monoisotopic (exact) mass is 440 g/mol. The minimum Gasteiger partial charge on any atom is -0.353 e. The Morgan fingerprint density at radius 3 is 2.48 bits per heavy atom. The average molecular weight is 441 g/mol. The predicted molar refractivity (Wildman–Crippen MR) is 122 cm³/mol. The number of carbonyl (C=O) groups excluding carboxylic acids is 2. The molecule has 0 saturated carbocycles. The summed E-state index contributed by atoms with van der Waals surface area (Å²) in [6.45, 7) is 4.54. The van der Waals surface area contributed by atoms with Crippen LogP contribution in [-0.2, 0) is 4.79 Å². The number of nitrogens with zero attached hydrogens (tertiary/aromatic N) is 4. The van der Waals surface area contributed by atoms with Gasteiger partial charge in [-0.15, -0.1) is 0 Å². The smallest absolute Gasteiger partial charge is 0.255 e. The summed E-state index contributed by atoms with van der Waals surface area (Å²) in [4.78, 5) is 36.1. The molecule has 164 valence electrons. The van der Waals surface area contributed by atoms with Gasteiger partial charge in [0.1, 0.15) is 5.82 Å². The zero-order chi connectivity index (χ0) is 21.6. The number of amides is 2. The lowest BCUT2D eigenvalue weighted by molar-refractivity contribution is -0.131. The second kappa shape index (κ2) is 10.1. The Labute approximate surface area is 188 Å². The Balaban J connectivity index is 1.24. The molecule has 0 unspecified atom stereocenters. The zero-order valence-electron chi connectivity index (χ0n) is 17.8. The zero-order valence-corrected chi connectivity index (χ0v) is 18.5. The SMILES string of the molecule is O=C(CC[C@H]1CCCN(C(=O)c2ccccc2Cl)C1)N1CCN(c2ccccn2)CC1. The second-order valence-electron chi connectivity index (χ2n) is 8.33. The quantitative estimate of drug-likeness (QED) is 0.711. The number of carbonyl (C=O) groups is 2. The number of hydrogen-bond acceptors (Lipinski definition) is 4. The van der Waals surface area contributed by atoms with Crippen molar-refractivity contribution in [2.75, 3.05) is 44.2 Å². The molecule has 31 heavy (non-hydrogen) atoms. The molecular weight excluding hydrogens is 412 g/mol. The molecule has 2 aliphatic heterocycles. The van der Waals surface area contributed by atoms with Crippen LogP contribution < -0.4 is 4.90 Å². The van der Waals surface area contributed by atoms with Crippen LogP contribution in [0.15, 0.2) is 48.7 Å². The van der Waals surface area contributed by atoms with Crippen LogP contribution in [0.5, 0.6) is 0 Å². The molecule has 2 fully saturated rings. The maximum atomic E-state index is 12.9. The summed E-state index contributed by atoms with van der Waals surface area (Å²) in [6, 6.07) is 13.1. The fourth-order valence-corrected chi connectivity index (χ4v) is 4.72. The summed E-state index contributed by atoms with van der Waals surface area (Å²) in [5.41, 5.74) is 0.562. The van der Waals surface area contributed by atoms with Gasteiger partial charge in [0.15, 0.2) is 0 Å². The van der Waals surface area contributed by atoms with Crippen molar-refractivity contribution in [3.8, 4) is 0 Å². The third-order valence-electron chi connectivity index (χ3n) is 6.28. The minimum atomic E-state index is -0.00716. The molecule has 6 nitrogen and oxygen atoms in total. The first-order valence-electron chi connectivity index (χ1n) is 11.1. The maximum Gasteiger partial charge on any atom is 0.255 e. The lowest BCUT2D eigenvalue weighted by Crippen LogP contribution is -2.49. The van der Waals surface area contributed by atoms with Crippen LogP contribution >= 0.6 is 11.6 Å². The Bertz CT molecular complexity index is 899. The third kappa shape index (κ3) is 5.37. The molecule has 1 aromatic carbocycles.